The first-order valence-corrected chi connectivity index (χ1v) is 12.4. The van der Waals surface area contributed by atoms with Gasteiger partial charge in [-0.3, -0.25) is 0 Å². The van der Waals surface area contributed by atoms with Crippen LogP contribution in [0.3, 0.4) is 0 Å². The van der Waals surface area contributed by atoms with Crippen molar-refractivity contribution >= 4 is 17.7 Å². The molecule has 2 atom stereocenters. The van der Waals surface area contributed by atoms with Crippen molar-refractivity contribution in [3.05, 3.63) is 82.1 Å². The van der Waals surface area contributed by atoms with Gasteiger partial charge >= 0.3 is 0 Å². The standard InChI is InChI=1S/C22H24ClN3O.C4H10N2.C2H2/c1-22(7-9-27,21-13-24-14-26(21)2)19-11-16-10-17(23)6-5-15(16)12-20-18(19)4-3-8-25-20;1-2-6-4-3-5-1;1-2/h3-6,8,10-11,13-14,20,25,27H,7,9,12H2,1-2H3;5-6H,1-4H2;1-2H. The third-order valence-electron chi connectivity index (χ3n) is 6.73. The highest BCUT2D eigenvalue weighted by molar-refractivity contribution is 6.30. The Morgan fingerprint density at radius 2 is 1.91 bits per heavy atom. The summed E-state index contributed by atoms with van der Waals surface area (Å²) in [6.07, 6.45) is 21.7. The first kappa shape index (κ1) is 26.8. The van der Waals surface area contributed by atoms with E-state index in [4.69, 9.17) is 11.6 Å². The SMILES string of the molecule is C#C.C1CNCCN1.Cn1cncc1C(C)(CCO)C1=Cc2cc(Cl)ccc2CC2NC=CC=C12. The van der Waals surface area contributed by atoms with E-state index >= 15 is 0 Å². The normalized spacial score (nSPS) is 20.0. The van der Waals surface area contributed by atoms with Gasteiger partial charge in [-0.2, -0.15) is 0 Å². The molecule has 35 heavy (non-hydrogen) atoms. The van der Waals surface area contributed by atoms with Gasteiger partial charge in [-0.05, 0) is 66.4 Å². The van der Waals surface area contributed by atoms with E-state index in [0.717, 1.165) is 48.9 Å². The smallest absolute Gasteiger partial charge is 0.0945 e. The zero-order valence-electron chi connectivity index (χ0n) is 20.6. The quantitative estimate of drug-likeness (QED) is 0.492. The minimum atomic E-state index is -0.374. The lowest BCUT2D eigenvalue weighted by Gasteiger charge is -2.36. The Kier molecular flexibility index (Phi) is 9.76. The molecule has 1 saturated heterocycles. The summed E-state index contributed by atoms with van der Waals surface area (Å²) >= 11 is 6.30. The van der Waals surface area contributed by atoms with Gasteiger partial charge in [0.15, 0.2) is 0 Å². The number of aryl methyl sites for hydroxylation is 1. The summed E-state index contributed by atoms with van der Waals surface area (Å²) in [5, 5.41) is 20.6. The average molecular weight is 494 g/mol. The second kappa shape index (κ2) is 12.8. The molecule has 1 aliphatic carbocycles. The van der Waals surface area contributed by atoms with Gasteiger partial charge < -0.3 is 25.6 Å². The molecule has 1 aromatic heterocycles. The second-order valence-electron chi connectivity index (χ2n) is 9.00. The molecule has 7 heteroatoms. The number of imidazole rings is 1. The maximum atomic E-state index is 9.90. The van der Waals surface area contributed by atoms with E-state index in [1.54, 1.807) is 0 Å². The summed E-state index contributed by atoms with van der Waals surface area (Å²) in [6.45, 7) is 6.85. The first-order valence-electron chi connectivity index (χ1n) is 12.0. The van der Waals surface area contributed by atoms with Gasteiger partial charge in [0.05, 0.1) is 12.4 Å². The van der Waals surface area contributed by atoms with Crippen LogP contribution >= 0.6 is 11.6 Å². The van der Waals surface area contributed by atoms with E-state index in [2.05, 4.69) is 58.9 Å². The predicted molar refractivity (Wildman–Crippen MR) is 145 cm³/mol. The number of terminal acetylenes is 1. The number of allylic oxidation sites excluding steroid dienone is 2. The van der Waals surface area contributed by atoms with E-state index in [1.165, 1.54) is 16.7 Å². The molecular weight excluding hydrogens is 458 g/mol. The third-order valence-corrected chi connectivity index (χ3v) is 6.97. The van der Waals surface area contributed by atoms with Crippen LogP contribution < -0.4 is 16.0 Å². The molecule has 6 nitrogen and oxygen atoms in total. The summed E-state index contributed by atoms with van der Waals surface area (Å²) in [5.41, 5.74) is 5.57. The summed E-state index contributed by atoms with van der Waals surface area (Å²) in [5.74, 6) is 0. The zero-order valence-corrected chi connectivity index (χ0v) is 21.4. The third kappa shape index (κ3) is 6.25. The van der Waals surface area contributed by atoms with E-state index in [0.29, 0.717) is 6.42 Å². The van der Waals surface area contributed by atoms with E-state index in [-0.39, 0.29) is 18.1 Å². The molecule has 5 rings (SSSR count). The van der Waals surface area contributed by atoms with Crippen LogP contribution in [0.4, 0.5) is 0 Å². The van der Waals surface area contributed by atoms with Crippen molar-refractivity contribution in [3.8, 4) is 12.8 Å². The number of nitrogens with zero attached hydrogens (tertiary/aromatic N) is 2. The van der Waals surface area contributed by atoms with Crippen LogP contribution in [-0.2, 0) is 18.9 Å². The molecule has 0 spiro atoms. The number of nitrogens with one attached hydrogen (secondary N) is 3. The molecule has 2 unspecified atom stereocenters. The van der Waals surface area contributed by atoms with Crippen molar-refractivity contribution in [2.75, 3.05) is 32.8 Å². The summed E-state index contributed by atoms with van der Waals surface area (Å²) in [7, 11) is 2.00. The summed E-state index contributed by atoms with van der Waals surface area (Å²) < 4.78 is 2.04. The molecule has 2 aliphatic heterocycles. The molecular formula is C28H36ClN5O. The van der Waals surface area contributed by atoms with Crippen molar-refractivity contribution in [1.29, 1.82) is 0 Å². The van der Waals surface area contributed by atoms with Gasteiger partial charge in [0, 0.05) is 62.2 Å². The highest BCUT2D eigenvalue weighted by atomic mass is 35.5. The Bertz CT molecular complexity index is 1080. The molecule has 1 aromatic carbocycles. The van der Waals surface area contributed by atoms with Crippen LogP contribution in [0.5, 0.6) is 0 Å². The fourth-order valence-corrected chi connectivity index (χ4v) is 5.10. The number of hydrogen-bond donors (Lipinski definition) is 4. The average Bonchev–Trinajstić information content (AvgIpc) is 3.26. The number of benzene rings is 1. The van der Waals surface area contributed by atoms with Crippen molar-refractivity contribution in [3.63, 3.8) is 0 Å². The Balaban J connectivity index is 0.000000369. The number of aliphatic hydroxyl groups excluding tert-OH is 1. The fraction of sp³-hybridized carbons (Fsp3) is 0.393. The number of aromatic nitrogens is 2. The molecule has 3 aliphatic rings. The maximum Gasteiger partial charge on any atom is 0.0945 e. The fourth-order valence-electron chi connectivity index (χ4n) is 4.92. The molecule has 186 valence electrons. The van der Waals surface area contributed by atoms with Crippen LogP contribution in [0.2, 0.25) is 5.02 Å². The number of rotatable bonds is 4. The van der Waals surface area contributed by atoms with Crippen LogP contribution in [0.25, 0.3) is 6.08 Å². The Labute approximate surface area is 214 Å². The van der Waals surface area contributed by atoms with Crippen LogP contribution in [0.1, 0.15) is 30.2 Å². The van der Waals surface area contributed by atoms with Gasteiger partial charge in [-0.25, -0.2) is 4.98 Å². The number of dihydropyridines is 1. The monoisotopic (exact) mass is 493 g/mol. The predicted octanol–water partition coefficient (Wildman–Crippen LogP) is 3.19. The highest BCUT2D eigenvalue weighted by Gasteiger charge is 2.38. The number of piperazine rings is 1. The van der Waals surface area contributed by atoms with Gasteiger partial charge in [-0.1, -0.05) is 29.8 Å². The van der Waals surface area contributed by atoms with Gasteiger partial charge in [-0.15, -0.1) is 12.8 Å². The Morgan fingerprint density at radius 1 is 1.20 bits per heavy atom. The molecule has 0 amide bonds. The van der Waals surface area contributed by atoms with Gasteiger partial charge in [0.2, 0.25) is 0 Å². The lowest BCUT2D eigenvalue weighted by molar-refractivity contribution is 0.255. The van der Waals surface area contributed by atoms with Crippen LogP contribution in [0, 0.1) is 12.8 Å². The van der Waals surface area contributed by atoms with Crippen LogP contribution in [0.15, 0.2) is 60.2 Å². The zero-order chi connectivity index (χ0) is 25.3. The molecule has 0 saturated carbocycles. The molecule has 4 N–H and O–H groups in total. The van der Waals surface area contributed by atoms with E-state index in [9.17, 15) is 5.11 Å². The number of fused-ring (bicyclic) bond motifs is 2. The number of aliphatic hydroxyl groups is 1. The molecule has 1 fully saturated rings. The first-order chi connectivity index (χ1) is 17.0. The van der Waals surface area contributed by atoms with Gasteiger partial charge in [0.25, 0.3) is 0 Å². The maximum absolute atomic E-state index is 9.90. The van der Waals surface area contributed by atoms with Crippen molar-refractivity contribution < 1.29 is 5.11 Å². The highest BCUT2D eigenvalue weighted by Crippen LogP contribution is 2.43. The van der Waals surface area contributed by atoms with Gasteiger partial charge in [0.1, 0.15) is 0 Å². The van der Waals surface area contributed by atoms with E-state index in [1.807, 2.05) is 48.5 Å². The minimum Gasteiger partial charge on any atom is -0.396 e. The Morgan fingerprint density at radius 3 is 2.51 bits per heavy atom. The second-order valence-corrected chi connectivity index (χ2v) is 9.44. The lowest BCUT2D eigenvalue weighted by atomic mass is 9.71. The molecule has 0 radical (unpaired) electrons. The van der Waals surface area contributed by atoms with E-state index < -0.39 is 0 Å². The number of hydrogen-bond acceptors (Lipinski definition) is 5. The van der Waals surface area contributed by atoms with Crippen molar-refractivity contribution in [2.24, 2.45) is 7.05 Å². The summed E-state index contributed by atoms with van der Waals surface area (Å²) in [4.78, 5) is 4.33. The van der Waals surface area contributed by atoms with Crippen molar-refractivity contribution in [2.45, 2.75) is 31.2 Å². The largest absolute Gasteiger partial charge is 0.396 e. The minimum absolute atomic E-state index is 0.0998. The van der Waals surface area contributed by atoms with Crippen molar-refractivity contribution in [1.82, 2.24) is 25.5 Å². The molecule has 2 aromatic rings. The molecule has 3 heterocycles. The Hall–Kier alpha value is -2.82. The lowest BCUT2D eigenvalue weighted by Crippen LogP contribution is -2.39. The summed E-state index contributed by atoms with van der Waals surface area (Å²) in [6, 6.07) is 6.29. The van der Waals surface area contributed by atoms with Crippen LogP contribution in [-0.4, -0.2) is 53.5 Å². The molecule has 0 bridgehead atoms. The topological polar surface area (TPSA) is 74.1 Å². The number of halogens is 1.